The zero-order chi connectivity index (χ0) is 26.9. The highest BCUT2D eigenvalue weighted by Gasteiger charge is 2.15. The van der Waals surface area contributed by atoms with Gasteiger partial charge < -0.3 is 30.5 Å². The number of nitrogens with two attached hydrogens (primary N) is 2. The van der Waals surface area contributed by atoms with Gasteiger partial charge in [0, 0.05) is 35.7 Å². The predicted octanol–water partition coefficient (Wildman–Crippen LogP) is 5.04. The Morgan fingerprint density at radius 1 is 0.973 bits per heavy atom. The van der Waals surface area contributed by atoms with E-state index in [1.54, 1.807) is 13.2 Å². The Morgan fingerprint density at radius 3 is 2.43 bits per heavy atom. The number of carbonyl (C=O) groups is 2. The average Bonchev–Trinajstić information content (AvgIpc) is 3.31. The van der Waals surface area contributed by atoms with E-state index in [1.165, 1.54) is 12.1 Å². The monoisotopic (exact) mass is 504 g/mol. The smallest absolute Gasteiger partial charge is 0.307 e. The number of ether oxygens (including phenoxy) is 2. The Bertz CT molecular complexity index is 1390. The minimum absolute atomic E-state index is 0.138. The van der Waals surface area contributed by atoms with Gasteiger partial charge in [0.15, 0.2) is 0 Å². The molecule has 37 heavy (non-hydrogen) atoms. The summed E-state index contributed by atoms with van der Waals surface area (Å²) in [5.41, 5.74) is 16.3. The highest BCUT2D eigenvalue weighted by molar-refractivity contribution is 5.94. The second-order valence-electron chi connectivity index (χ2n) is 8.16. The number of benzene rings is 3. The number of hydrogen-bond donors (Lipinski definition) is 3. The lowest BCUT2D eigenvalue weighted by Gasteiger charge is -2.13. The number of carbonyl (C=O) groups excluding carboxylic acids is 1. The molecule has 0 saturated carbocycles. The molecule has 1 heterocycles. The van der Waals surface area contributed by atoms with Gasteiger partial charge in [0.2, 0.25) is 5.91 Å². The number of hydrogen-bond acceptors (Lipinski definition) is 6. The number of carboxylic acids is 1. The molecule has 0 spiro atoms. The number of carboxylic acid groups (broad SMARTS) is 1. The standard InChI is InChI=1S/C27H26N2O6.C2H6/c1-33-15-22-10-21-8-17(9-23(26(21)35-22)18-4-2-3-16(7-18)13-28)14-34-24-11-20(27(29)32)6-5-19(24)12-25(30)31;1-2/h2-11H,12-15,28H2,1H3,(H2,29,32)(H,30,31);1-2H3. The Labute approximate surface area is 215 Å². The lowest BCUT2D eigenvalue weighted by Crippen LogP contribution is -2.12. The second-order valence-corrected chi connectivity index (χ2v) is 8.16. The predicted molar refractivity (Wildman–Crippen MR) is 142 cm³/mol. The number of amides is 1. The first kappa shape index (κ1) is 27.4. The van der Waals surface area contributed by atoms with Gasteiger partial charge in [-0.1, -0.05) is 38.1 Å². The highest BCUT2D eigenvalue weighted by Crippen LogP contribution is 2.34. The summed E-state index contributed by atoms with van der Waals surface area (Å²) in [4.78, 5) is 22.9. The van der Waals surface area contributed by atoms with E-state index in [4.69, 9.17) is 25.4 Å². The second kappa shape index (κ2) is 12.7. The molecular weight excluding hydrogens is 472 g/mol. The molecule has 5 N–H and O–H groups in total. The van der Waals surface area contributed by atoms with Crippen LogP contribution < -0.4 is 16.2 Å². The Kier molecular flexibility index (Phi) is 9.43. The summed E-state index contributed by atoms with van der Waals surface area (Å²) in [6.45, 7) is 4.88. The van der Waals surface area contributed by atoms with Gasteiger partial charge in [0.1, 0.15) is 30.3 Å². The lowest BCUT2D eigenvalue weighted by molar-refractivity contribution is -0.136. The summed E-state index contributed by atoms with van der Waals surface area (Å²) >= 11 is 0. The van der Waals surface area contributed by atoms with Crippen LogP contribution in [0.2, 0.25) is 0 Å². The topological polar surface area (TPSA) is 138 Å². The molecule has 0 radical (unpaired) electrons. The summed E-state index contributed by atoms with van der Waals surface area (Å²) in [5.74, 6) is -0.643. The summed E-state index contributed by atoms with van der Waals surface area (Å²) < 4.78 is 17.3. The van der Waals surface area contributed by atoms with Gasteiger partial charge in [0.05, 0.1) is 6.42 Å². The zero-order valence-corrected chi connectivity index (χ0v) is 21.2. The van der Waals surface area contributed by atoms with E-state index in [-0.39, 0.29) is 18.6 Å². The molecule has 0 aliphatic carbocycles. The molecule has 0 bridgehead atoms. The van der Waals surface area contributed by atoms with Crippen molar-refractivity contribution >= 4 is 22.8 Å². The number of fused-ring (bicyclic) bond motifs is 1. The zero-order valence-electron chi connectivity index (χ0n) is 21.2. The maximum Gasteiger partial charge on any atom is 0.307 e. The van der Waals surface area contributed by atoms with Crippen LogP contribution in [0.5, 0.6) is 5.75 Å². The van der Waals surface area contributed by atoms with Gasteiger partial charge >= 0.3 is 5.97 Å². The molecule has 0 atom stereocenters. The molecular formula is C29H32N2O6. The minimum Gasteiger partial charge on any atom is -0.489 e. The van der Waals surface area contributed by atoms with Crippen molar-refractivity contribution < 1.29 is 28.6 Å². The van der Waals surface area contributed by atoms with Crippen LogP contribution in [0.25, 0.3) is 22.1 Å². The quantitative estimate of drug-likeness (QED) is 0.275. The van der Waals surface area contributed by atoms with E-state index in [9.17, 15) is 14.7 Å². The molecule has 4 rings (SSSR count). The average molecular weight is 505 g/mol. The van der Waals surface area contributed by atoms with Gasteiger partial charge in [-0.05, 0) is 53.1 Å². The Balaban J connectivity index is 0.00000186. The number of furan rings is 1. The first-order chi connectivity index (χ1) is 17.9. The van der Waals surface area contributed by atoms with Gasteiger partial charge in [-0.2, -0.15) is 0 Å². The third-order valence-corrected chi connectivity index (χ3v) is 5.58. The first-order valence-electron chi connectivity index (χ1n) is 12.0. The van der Waals surface area contributed by atoms with E-state index >= 15 is 0 Å². The SMILES string of the molecule is CC.COCc1cc2cc(COc3cc(C(N)=O)ccc3CC(=O)O)cc(-c3cccc(CN)c3)c2o1. The van der Waals surface area contributed by atoms with Gasteiger partial charge in [0.25, 0.3) is 0 Å². The van der Waals surface area contributed by atoms with Crippen LogP contribution in [0.4, 0.5) is 0 Å². The molecule has 1 aromatic heterocycles. The van der Waals surface area contributed by atoms with Crippen molar-refractivity contribution in [3.8, 4) is 16.9 Å². The highest BCUT2D eigenvalue weighted by atomic mass is 16.5. The van der Waals surface area contributed by atoms with E-state index in [0.717, 1.165) is 33.2 Å². The molecule has 0 aliphatic rings. The normalized spacial score (nSPS) is 10.6. The van der Waals surface area contributed by atoms with Crippen LogP contribution in [-0.2, 0) is 35.7 Å². The van der Waals surface area contributed by atoms with Crippen LogP contribution in [-0.4, -0.2) is 24.1 Å². The Morgan fingerprint density at radius 2 is 1.76 bits per heavy atom. The lowest BCUT2D eigenvalue weighted by atomic mass is 9.99. The Hall–Kier alpha value is -4.14. The molecule has 0 fully saturated rings. The van der Waals surface area contributed by atoms with Crippen molar-refractivity contribution in [2.24, 2.45) is 11.5 Å². The molecule has 8 nitrogen and oxygen atoms in total. The van der Waals surface area contributed by atoms with Crippen LogP contribution in [0.1, 0.15) is 46.7 Å². The minimum atomic E-state index is -1.01. The fourth-order valence-electron chi connectivity index (χ4n) is 3.96. The number of aliphatic carboxylic acids is 1. The van der Waals surface area contributed by atoms with Crippen molar-refractivity contribution in [2.75, 3.05) is 7.11 Å². The molecule has 0 saturated heterocycles. The third kappa shape index (κ3) is 6.75. The number of primary amides is 1. The van der Waals surface area contributed by atoms with Crippen molar-refractivity contribution in [1.82, 2.24) is 0 Å². The number of rotatable bonds is 10. The van der Waals surface area contributed by atoms with E-state index in [1.807, 2.05) is 56.3 Å². The molecule has 0 unspecified atom stereocenters. The summed E-state index contributed by atoms with van der Waals surface area (Å²) in [6.07, 6.45) is -0.243. The summed E-state index contributed by atoms with van der Waals surface area (Å²) in [5, 5.41) is 10.1. The van der Waals surface area contributed by atoms with Crippen LogP contribution in [0, 0.1) is 0 Å². The molecule has 4 aromatic rings. The maximum absolute atomic E-state index is 11.6. The fraction of sp³-hybridized carbons (Fsp3) is 0.241. The van der Waals surface area contributed by atoms with Crippen molar-refractivity contribution in [3.63, 3.8) is 0 Å². The molecule has 1 amide bonds. The van der Waals surface area contributed by atoms with E-state index in [0.29, 0.717) is 30.2 Å². The van der Waals surface area contributed by atoms with E-state index in [2.05, 4.69) is 0 Å². The van der Waals surface area contributed by atoms with Crippen molar-refractivity contribution in [2.45, 2.75) is 40.0 Å². The van der Waals surface area contributed by atoms with Crippen LogP contribution in [0.3, 0.4) is 0 Å². The summed E-state index contributed by atoms with van der Waals surface area (Å²) in [6, 6.07) is 18.2. The van der Waals surface area contributed by atoms with Crippen molar-refractivity contribution in [1.29, 1.82) is 0 Å². The maximum atomic E-state index is 11.6. The van der Waals surface area contributed by atoms with Gasteiger partial charge in [-0.25, -0.2) is 0 Å². The molecule has 0 aliphatic heterocycles. The van der Waals surface area contributed by atoms with Crippen LogP contribution >= 0.6 is 0 Å². The largest absolute Gasteiger partial charge is 0.489 e. The molecule has 8 heteroatoms. The number of methoxy groups -OCH3 is 1. The van der Waals surface area contributed by atoms with Crippen molar-refractivity contribution in [3.05, 3.63) is 88.7 Å². The van der Waals surface area contributed by atoms with E-state index < -0.39 is 11.9 Å². The first-order valence-corrected chi connectivity index (χ1v) is 12.0. The summed E-state index contributed by atoms with van der Waals surface area (Å²) in [7, 11) is 1.60. The molecule has 3 aromatic carbocycles. The fourth-order valence-corrected chi connectivity index (χ4v) is 3.96. The van der Waals surface area contributed by atoms with Gasteiger partial charge in [-0.3, -0.25) is 9.59 Å². The van der Waals surface area contributed by atoms with Gasteiger partial charge in [-0.15, -0.1) is 0 Å². The third-order valence-electron chi connectivity index (χ3n) is 5.58. The molecule has 194 valence electrons. The van der Waals surface area contributed by atoms with Crippen LogP contribution in [0.15, 0.2) is 65.1 Å².